The molecule has 3 N–H and O–H groups in total. The van der Waals surface area contributed by atoms with Gasteiger partial charge in [0.25, 0.3) is 0 Å². The van der Waals surface area contributed by atoms with Crippen LogP contribution >= 0.6 is 0 Å². The Morgan fingerprint density at radius 3 is 2.33 bits per heavy atom. The van der Waals surface area contributed by atoms with Crippen LogP contribution in [0.25, 0.3) is 0 Å². The highest BCUT2D eigenvalue weighted by molar-refractivity contribution is 4.94. The maximum atomic E-state index is 8.16. The molecule has 0 aliphatic rings. The lowest BCUT2D eigenvalue weighted by atomic mass is 10.5. The van der Waals surface area contributed by atoms with Crippen molar-refractivity contribution in [2.75, 3.05) is 0 Å². The second kappa shape index (κ2) is 2.87. The van der Waals surface area contributed by atoms with E-state index in [1.54, 1.807) is 13.0 Å². The molecular weight excluding hydrogens is 78.0 g/mol. The molecule has 0 amide bonds. The topological polar surface area (TPSA) is 46.2 Å². The smallest absolute Gasteiger partial charge is 0.179 e. The van der Waals surface area contributed by atoms with Gasteiger partial charge < -0.3 is 5.11 Å². The third-order valence-electron chi connectivity index (χ3n) is 0.337. The lowest BCUT2D eigenvalue weighted by Gasteiger charge is -1.85. The first-order valence-corrected chi connectivity index (χ1v) is 1.71. The summed E-state index contributed by atoms with van der Waals surface area (Å²) < 4.78 is 0. The fourth-order valence-corrected chi connectivity index (χ4v) is 0.171. The van der Waals surface area contributed by atoms with Crippen LogP contribution in [0.2, 0.25) is 0 Å². The van der Waals surface area contributed by atoms with E-state index in [1.807, 2.05) is 0 Å². The van der Waals surface area contributed by atoms with Gasteiger partial charge in [0.15, 0.2) is 6.23 Å². The van der Waals surface area contributed by atoms with Crippen LogP contribution in [0, 0.1) is 6.23 Å². The molecule has 35 valence electrons. The molecule has 0 bridgehead atoms. The molecule has 0 heterocycles. The Balaban J connectivity index is 3.03. The average Bonchev–Trinajstić information content (AvgIpc) is 1.35. The van der Waals surface area contributed by atoms with Crippen LogP contribution in [-0.4, -0.2) is 5.11 Å². The molecule has 0 saturated heterocycles. The van der Waals surface area contributed by atoms with E-state index in [9.17, 15) is 0 Å². The van der Waals surface area contributed by atoms with Crippen LogP contribution in [0.1, 0.15) is 6.92 Å². The first-order chi connectivity index (χ1) is 2.77. The van der Waals surface area contributed by atoms with Crippen molar-refractivity contribution in [1.82, 2.24) is 0 Å². The molecule has 0 aromatic rings. The number of nitrogens with two attached hydrogens (primary N) is 1. The predicted octanol–water partition coefficient (Wildman–Crippen LogP) is 0.383. The summed E-state index contributed by atoms with van der Waals surface area (Å²) >= 11 is 0. The minimum Gasteiger partial charge on any atom is -0.368 e. The Morgan fingerprint density at radius 1 is 1.83 bits per heavy atom. The van der Waals surface area contributed by atoms with Crippen molar-refractivity contribution in [2.24, 2.45) is 5.73 Å². The Kier molecular flexibility index (Phi) is 2.71. The van der Waals surface area contributed by atoms with Gasteiger partial charge >= 0.3 is 0 Å². The summed E-state index contributed by atoms with van der Waals surface area (Å²) in [5, 5.41) is 8.16. The first kappa shape index (κ1) is 5.66. The van der Waals surface area contributed by atoms with Crippen molar-refractivity contribution >= 4 is 0 Å². The van der Waals surface area contributed by atoms with E-state index in [4.69, 9.17) is 10.8 Å². The lowest BCUT2D eigenvalue weighted by molar-refractivity contribution is 0.337. The van der Waals surface area contributed by atoms with Crippen LogP contribution in [0.4, 0.5) is 0 Å². The summed E-state index contributed by atoms with van der Waals surface area (Å²) in [6.45, 7) is 1.78. The number of hydrogen-bond donors (Lipinski definition) is 2. The molecule has 0 aromatic heterocycles. The Hall–Kier alpha value is -0.340. The quantitative estimate of drug-likeness (QED) is 0.484. The standard InChI is InChI=1S/C4H8NO/c1-2-3-4(5)6/h2-3,6H,5H2,1H3. The number of hydrogen-bond acceptors (Lipinski definition) is 2. The third kappa shape index (κ3) is 3.66. The van der Waals surface area contributed by atoms with Gasteiger partial charge in [-0.1, -0.05) is 6.08 Å². The highest BCUT2D eigenvalue weighted by atomic mass is 16.3. The van der Waals surface area contributed by atoms with Gasteiger partial charge in [-0.15, -0.1) is 0 Å². The fraction of sp³-hybridized carbons (Fsp3) is 0.250. The predicted molar refractivity (Wildman–Crippen MR) is 24.2 cm³/mol. The summed E-state index contributed by atoms with van der Waals surface area (Å²) in [6, 6.07) is 0. The number of aliphatic hydroxyl groups is 1. The molecule has 0 aromatic carbocycles. The van der Waals surface area contributed by atoms with E-state index in [0.717, 1.165) is 0 Å². The average molecular weight is 86.1 g/mol. The van der Waals surface area contributed by atoms with E-state index in [1.165, 1.54) is 6.08 Å². The SMILES string of the molecule is CC=C[C](N)O. The van der Waals surface area contributed by atoms with Crippen LogP contribution < -0.4 is 5.73 Å². The van der Waals surface area contributed by atoms with Crippen molar-refractivity contribution in [3.8, 4) is 0 Å². The maximum absolute atomic E-state index is 8.16. The lowest BCUT2D eigenvalue weighted by Crippen LogP contribution is -2.02. The highest BCUT2D eigenvalue weighted by Crippen LogP contribution is 1.79. The summed E-state index contributed by atoms with van der Waals surface area (Å²) in [5.74, 6) is 0. The second-order valence-electron chi connectivity index (χ2n) is 0.925. The Labute approximate surface area is 37.3 Å². The van der Waals surface area contributed by atoms with E-state index in [-0.39, 0.29) is 6.23 Å². The molecule has 0 atom stereocenters. The second-order valence-corrected chi connectivity index (χ2v) is 0.925. The first-order valence-electron chi connectivity index (χ1n) is 1.71. The summed E-state index contributed by atoms with van der Waals surface area (Å²) in [7, 11) is 0. The van der Waals surface area contributed by atoms with Gasteiger partial charge in [0.2, 0.25) is 0 Å². The van der Waals surface area contributed by atoms with Gasteiger partial charge in [0, 0.05) is 0 Å². The number of allylic oxidation sites excluding steroid dienone is 1. The Bertz CT molecular complexity index is 49.5. The number of aliphatic hydroxyl groups excluding tert-OH is 1. The summed E-state index contributed by atoms with van der Waals surface area (Å²) in [4.78, 5) is 0. The summed E-state index contributed by atoms with van der Waals surface area (Å²) in [6.07, 6.45) is 2.94. The molecule has 2 heteroatoms. The molecule has 6 heavy (non-hydrogen) atoms. The van der Waals surface area contributed by atoms with E-state index < -0.39 is 0 Å². The third-order valence-corrected chi connectivity index (χ3v) is 0.337. The molecule has 0 saturated carbocycles. The number of rotatable bonds is 1. The van der Waals surface area contributed by atoms with Crippen molar-refractivity contribution < 1.29 is 5.11 Å². The minimum absolute atomic E-state index is 0.141. The van der Waals surface area contributed by atoms with Gasteiger partial charge in [-0.05, 0) is 13.0 Å². The van der Waals surface area contributed by atoms with Gasteiger partial charge in [-0.3, -0.25) is 5.73 Å². The van der Waals surface area contributed by atoms with Crippen molar-refractivity contribution in [3.63, 3.8) is 0 Å². The zero-order valence-electron chi connectivity index (χ0n) is 3.68. The zero-order chi connectivity index (χ0) is 4.99. The van der Waals surface area contributed by atoms with Gasteiger partial charge in [0.1, 0.15) is 0 Å². The molecule has 2 nitrogen and oxygen atoms in total. The van der Waals surface area contributed by atoms with Crippen LogP contribution in [0.3, 0.4) is 0 Å². The van der Waals surface area contributed by atoms with Crippen molar-refractivity contribution in [1.29, 1.82) is 0 Å². The zero-order valence-corrected chi connectivity index (χ0v) is 3.68. The fourth-order valence-electron chi connectivity index (χ4n) is 0.171. The van der Waals surface area contributed by atoms with Gasteiger partial charge in [-0.25, -0.2) is 0 Å². The van der Waals surface area contributed by atoms with Crippen molar-refractivity contribution in [2.45, 2.75) is 6.92 Å². The van der Waals surface area contributed by atoms with Crippen molar-refractivity contribution in [3.05, 3.63) is 18.4 Å². The van der Waals surface area contributed by atoms with E-state index >= 15 is 0 Å². The van der Waals surface area contributed by atoms with E-state index in [2.05, 4.69) is 0 Å². The molecular formula is C4H8NO. The molecule has 0 rings (SSSR count). The summed E-state index contributed by atoms with van der Waals surface area (Å²) in [5.41, 5.74) is 4.79. The van der Waals surface area contributed by atoms with Gasteiger partial charge in [0.05, 0.1) is 0 Å². The van der Waals surface area contributed by atoms with E-state index in [0.29, 0.717) is 0 Å². The van der Waals surface area contributed by atoms with Gasteiger partial charge in [-0.2, -0.15) is 0 Å². The monoisotopic (exact) mass is 86.1 g/mol. The molecule has 0 fully saturated rings. The molecule has 0 unspecified atom stereocenters. The Morgan fingerprint density at radius 2 is 2.33 bits per heavy atom. The highest BCUT2D eigenvalue weighted by Gasteiger charge is 1.80. The maximum Gasteiger partial charge on any atom is 0.179 e. The van der Waals surface area contributed by atoms with Crippen LogP contribution in [0.15, 0.2) is 12.2 Å². The normalized spacial score (nSPS) is 11.3. The molecule has 0 aliphatic heterocycles. The molecule has 0 spiro atoms. The van der Waals surface area contributed by atoms with Crippen LogP contribution in [-0.2, 0) is 0 Å². The minimum atomic E-state index is -0.141. The molecule has 1 radical (unpaired) electrons. The van der Waals surface area contributed by atoms with Crippen LogP contribution in [0.5, 0.6) is 0 Å². The molecule has 0 aliphatic carbocycles. The largest absolute Gasteiger partial charge is 0.368 e.